The Morgan fingerprint density at radius 2 is 0.554 bits per heavy atom. The van der Waals surface area contributed by atoms with Crippen molar-refractivity contribution in [3.05, 3.63) is 218 Å². The molecule has 0 atom stereocenters. The highest BCUT2D eigenvalue weighted by Gasteiger charge is 2.18. The summed E-state index contributed by atoms with van der Waals surface area (Å²) in [6, 6.07) is 79.5. The maximum Gasteiger partial charge on any atom is 0.0541 e. The Morgan fingerprint density at radius 1 is 0.196 bits per heavy atom. The van der Waals surface area contributed by atoms with Gasteiger partial charge in [0.15, 0.2) is 0 Å². The first-order valence-corrected chi connectivity index (χ1v) is 19.3. The van der Waals surface area contributed by atoms with Crippen LogP contribution in [0.1, 0.15) is 0 Å². The van der Waals surface area contributed by atoms with Gasteiger partial charge in [0.05, 0.1) is 22.1 Å². The molecule has 2 nitrogen and oxygen atoms in total. The molecule has 0 unspecified atom stereocenters. The van der Waals surface area contributed by atoms with E-state index in [-0.39, 0.29) is 0 Å². The molecule has 56 heavy (non-hydrogen) atoms. The van der Waals surface area contributed by atoms with Crippen molar-refractivity contribution in [2.24, 2.45) is 0 Å². The predicted octanol–water partition coefficient (Wildman–Crippen LogP) is 14.5. The van der Waals surface area contributed by atoms with Gasteiger partial charge in [0.1, 0.15) is 0 Å². The Labute approximate surface area is 325 Å². The second-order valence-corrected chi connectivity index (χ2v) is 14.6. The smallest absolute Gasteiger partial charge is 0.0541 e. The number of nitrogens with zero attached hydrogens (tertiary/aromatic N) is 2. The van der Waals surface area contributed by atoms with Gasteiger partial charge in [-0.3, -0.25) is 0 Å². The molecule has 0 amide bonds. The van der Waals surface area contributed by atoms with Crippen molar-refractivity contribution in [1.29, 1.82) is 0 Å². The lowest BCUT2D eigenvalue weighted by atomic mass is 9.98. The van der Waals surface area contributed by atoms with Crippen LogP contribution in [0.25, 0.3) is 99.5 Å². The predicted molar refractivity (Wildman–Crippen MR) is 237 cm³/mol. The Kier molecular flexibility index (Phi) is 7.53. The zero-order valence-corrected chi connectivity index (χ0v) is 30.7. The molecule has 2 heterocycles. The summed E-state index contributed by atoms with van der Waals surface area (Å²) in [7, 11) is 0. The van der Waals surface area contributed by atoms with E-state index in [1.165, 1.54) is 93.8 Å². The molecule has 11 aromatic rings. The average molecular weight is 713 g/mol. The second kappa shape index (κ2) is 13.2. The Bertz CT molecular complexity index is 3150. The third-order valence-electron chi connectivity index (χ3n) is 11.3. The van der Waals surface area contributed by atoms with Gasteiger partial charge in [-0.25, -0.2) is 0 Å². The Morgan fingerprint density at radius 3 is 1.05 bits per heavy atom. The van der Waals surface area contributed by atoms with Crippen molar-refractivity contribution >= 4 is 43.6 Å². The molecule has 2 aromatic heterocycles. The van der Waals surface area contributed by atoms with Gasteiger partial charge >= 0.3 is 0 Å². The zero-order valence-electron chi connectivity index (χ0n) is 30.7. The third-order valence-corrected chi connectivity index (χ3v) is 11.3. The van der Waals surface area contributed by atoms with Crippen LogP contribution >= 0.6 is 0 Å². The number of hydrogen-bond acceptors (Lipinski definition) is 0. The molecule has 11 rings (SSSR count). The highest BCUT2D eigenvalue weighted by atomic mass is 15.0. The fourth-order valence-electron chi connectivity index (χ4n) is 8.63. The van der Waals surface area contributed by atoms with Crippen LogP contribution in [0.4, 0.5) is 0 Å². The maximum atomic E-state index is 2.46. The van der Waals surface area contributed by atoms with Crippen LogP contribution in [0, 0.1) is 0 Å². The highest BCUT2D eigenvalue weighted by Crippen LogP contribution is 2.41. The molecule has 0 bridgehead atoms. The molecule has 9 aromatic carbocycles. The van der Waals surface area contributed by atoms with Crippen LogP contribution in [-0.2, 0) is 0 Å². The quantitative estimate of drug-likeness (QED) is 0.162. The van der Waals surface area contributed by atoms with Crippen LogP contribution in [-0.4, -0.2) is 9.13 Å². The lowest BCUT2D eigenvalue weighted by molar-refractivity contribution is 1.18. The molecule has 0 saturated heterocycles. The number of rotatable bonds is 6. The van der Waals surface area contributed by atoms with Crippen molar-refractivity contribution in [3.8, 4) is 55.9 Å². The van der Waals surface area contributed by atoms with Gasteiger partial charge in [-0.15, -0.1) is 0 Å². The van der Waals surface area contributed by atoms with E-state index < -0.39 is 0 Å². The third kappa shape index (κ3) is 5.34. The average Bonchev–Trinajstić information content (AvgIpc) is 3.79. The summed E-state index contributed by atoms with van der Waals surface area (Å²) in [6.45, 7) is 0. The minimum absolute atomic E-state index is 1.14. The number of fused-ring (bicyclic) bond motifs is 6. The van der Waals surface area contributed by atoms with Crippen molar-refractivity contribution in [2.45, 2.75) is 0 Å². The van der Waals surface area contributed by atoms with Gasteiger partial charge in [0.25, 0.3) is 0 Å². The number of hydrogen-bond donors (Lipinski definition) is 0. The molecule has 2 heteroatoms. The van der Waals surface area contributed by atoms with E-state index in [4.69, 9.17) is 0 Å². The lowest BCUT2D eigenvalue weighted by Gasteiger charge is -2.14. The molecule has 0 aliphatic rings. The van der Waals surface area contributed by atoms with E-state index in [0.29, 0.717) is 0 Å². The normalized spacial score (nSPS) is 11.6. The molecule has 0 aliphatic carbocycles. The second-order valence-electron chi connectivity index (χ2n) is 14.6. The van der Waals surface area contributed by atoms with E-state index in [9.17, 15) is 0 Å². The summed E-state index contributed by atoms with van der Waals surface area (Å²) in [4.78, 5) is 0. The standard InChI is InChI=1S/C54H36N2/c1-5-15-37(16-6-1)40-25-28-53-49(34-40)50-36-42(41-26-29-52-48(35-41)47-23-13-14-24-51(47)55(52)45-21-11-4-12-22-45)27-30-54(50)56(53)46-32-43(38-17-7-2-8-18-38)31-44(33-46)39-19-9-3-10-20-39/h1-36H. The monoisotopic (exact) mass is 712 g/mol. The van der Waals surface area contributed by atoms with Gasteiger partial charge in [0, 0.05) is 32.9 Å². The zero-order chi connectivity index (χ0) is 37.0. The highest BCUT2D eigenvalue weighted by molar-refractivity contribution is 6.13. The maximum absolute atomic E-state index is 2.46. The molecule has 0 spiro atoms. The SMILES string of the molecule is c1ccc(-c2cc(-c3ccccc3)cc(-n3c4ccc(-c5ccccc5)cc4c4cc(-c5ccc6c(c5)c5ccccc5n6-c5ccccc5)ccc43)c2)cc1. The van der Waals surface area contributed by atoms with E-state index in [0.717, 1.165) is 5.69 Å². The molecule has 0 aliphatic heterocycles. The minimum atomic E-state index is 1.14. The Hall–Kier alpha value is -7.42. The van der Waals surface area contributed by atoms with Crippen molar-refractivity contribution in [1.82, 2.24) is 9.13 Å². The molecular formula is C54H36N2. The number of aromatic nitrogens is 2. The van der Waals surface area contributed by atoms with Gasteiger partial charge in [-0.2, -0.15) is 0 Å². The van der Waals surface area contributed by atoms with Gasteiger partial charge < -0.3 is 9.13 Å². The summed E-state index contributed by atoms with van der Waals surface area (Å²) in [5, 5.41) is 4.97. The summed E-state index contributed by atoms with van der Waals surface area (Å²) in [5.74, 6) is 0. The Balaban J connectivity index is 1.15. The van der Waals surface area contributed by atoms with Gasteiger partial charge in [-0.05, 0) is 117 Å². The van der Waals surface area contributed by atoms with E-state index in [1.807, 2.05) is 0 Å². The fraction of sp³-hybridized carbons (Fsp3) is 0. The molecule has 0 fully saturated rings. The molecule has 0 N–H and O–H groups in total. The van der Waals surface area contributed by atoms with Crippen LogP contribution in [0.5, 0.6) is 0 Å². The van der Waals surface area contributed by atoms with E-state index in [2.05, 4.69) is 228 Å². The van der Waals surface area contributed by atoms with Crippen LogP contribution in [0.3, 0.4) is 0 Å². The van der Waals surface area contributed by atoms with Crippen molar-refractivity contribution in [2.75, 3.05) is 0 Å². The van der Waals surface area contributed by atoms with Crippen LogP contribution in [0.2, 0.25) is 0 Å². The van der Waals surface area contributed by atoms with E-state index in [1.54, 1.807) is 0 Å². The summed E-state index contributed by atoms with van der Waals surface area (Å²) in [6.07, 6.45) is 0. The fourth-order valence-corrected chi connectivity index (χ4v) is 8.63. The molecule has 0 saturated carbocycles. The van der Waals surface area contributed by atoms with Gasteiger partial charge in [-0.1, -0.05) is 146 Å². The first kappa shape index (κ1) is 32.0. The molecular weight excluding hydrogens is 677 g/mol. The number of para-hydroxylation sites is 2. The first-order chi connectivity index (χ1) is 27.8. The summed E-state index contributed by atoms with van der Waals surface area (Å²) >= 11 is 0. The summed E-state index contributed by atoms with van der Waals surface area (Å²) < 4.78 is 4.84. The first-order valence-electron chi connectivity index (χ1n) is 19.3. The molecule has 0 radical (unpaired) electrons. The lowest BCUT2D eigenvalue weighted by Crippen LogP contribution is -1.96. The van der Waals surface area contributed by atoms with Gasteiger partial charge in [0.2, 0.25) is 0 Å². The topological polar surface area (TPSA) is 9.86 Å². The summed E-state index contributed by atoms with van der Waals surface area (Å²) in [5.41, 5.74) is 16.7. The number of benzene rings is 9. The minimum Gasteiger partial charge on any atom is -0.309 e. The van der Waals surface area contributed by atoms with Crippen LogP contribution < -0.4 is 0 Å². The molecule has 262 valence electrons. The van der Waals surface area contributed by atoms with E-state index >= 15 is 0 Å². The van der Waals surface area contributed by atoms with Crippen LogP contribution in [0.15, 0.2) is 218 Å². The largest absolute Gasteiger partial charge is 0.309 e. The van der Waals surface area contributed by atoms with Crippen molar-refractivity contribution in [3.63, 3.8) is 0 Å². The van der Waals surface area contributed by atoms with Crippen molar-refractivity contribution < 1.29 is 0 Å².